The quantitative estimate of drug-likeness (QED) is 0.0463. The molecule has 0 aliphatic carbocycles. The zero-order valence-corrected chi connectivity index (χ0v) is 35.3. The van der Waals surface area contributed by atoms with Gasteiger partial charge in [-0.15, -0.1) is 0 Å². The van der Waals surface area contributed by atoms with E-state index in [2.05, 4.69) is 44.2 Å². The molecule has 0 bridgehead atoms. The number of benzene rings is 1. The predicted molar refractivity (Wildman–Crippen MR) is 219 cm³/mol. The van der Waals surface area contributed by atoms with E-state index in [9.17, 15) is 0 Å². The van der Waals surface area contributed by atoms with Crippen LogP contribution < -0.4 is 3.51 Å². The standard InChI is InChI=1S/2C20H41.C6H5.Sb/c2*1-3-5-7-9-11-13-15-17-19-20-18-16-14-12-10-8-6-4-2;1-2-4-6-5-3-1;/h2*1,3-20H2,2H3;1-5H;. The normalized spacial score (nSPS) is 11.6. The fourth-order valence-electron chi connectivity index (χ4n) is 7.42. The van der Waals surface area contributed by atoms with E-state index in [1.165, 1.54) is 231 Å². The average Bonchev–Trinajstić information content (AvgIpc) is 3.10. The molecule has 0 heterocycles. The van der Waals surface area contributed by atoms with Crippen molar-refractivity contribution in [1.29, 1.82) is 0 Å². The minimum absolute atomic E-state index is 1.29. The Hall–Kier alpha value is 0.0382. The summed E-state index contributed by atoms with van der Waals surface area (Å²) in [6, 6.07) is 11.8. The van der Waals surface area contributed by atoms with Gasteiger partial charge in [-0.3, -0.25) is 0 Å². The second-order valence-corrected chi connectivity index (χ2v) is 22.5. The van der Waals surface area contributed by atoms with Gasteiger partial charge in [-0.05, 0) is 0 Å². The van der Waals surface area contributed by atoms with Crippen LogP contribution in [0.2, 0.25) is 8.73 Å². The van der Waals surface area contributed by atoms with Crippen LogP contribution in [-0.2, 0) is 0 Å². The van der Waals surface area contributed by atoms with Gasteiger partial charge in [-0.2, -0.15) is 0 Å². The summed E-state index contributed by atoms with van der Waals surface area (Å²) in [5.74, 6) is 0. The van der Waals surface area contributed by atoms with Crippen molar-refractivity contribution in [3.05, 3.63) is 30.3 Å². The molecule has 1 aromatic rings. The second kappa shape index (κ2) is 38.8. The third-order valence-corrected chi connectivity index (χ3v) is 18.5. The van der Waals surface area contributed by atoms with Gasteiger partial charge in [0.2, 0.25) is 0 Å². The van der Waals surface area contributed by atoms with Gasteiger partial charge in [0.15, 0.2) is 0 Å². The maximum absolute atomic E-state index is 2.48. The van der Waals surface area contributed by atoms with Crippen molar-refractivity contribution in [2.75, 3.05) is 0 Å². The maximum atomic E-state index is 2.48. The summed E-state index contributed by atoms with van der Waals surface area (Å²) in [6.45, 7) is 4.63. The number of hydrogen-bond acceptors (Lipinski definition) is 0. The molecular formula is C46H87Sb. The second-order valence-electron chi connectivity index (χ2n) is 15.3. The Balaban J connectivity index is 1.92. The van der Waals surface area contributed by atoms with Crippen LogP contribution in [0.1, 0.15) is 245 Å². The predicted octanol–water partition coefficient (Wildman–Crippen LogP) is 16.5. The first-order chi connectivity index (χ1) is 23.4. The van der Waals surface area contributed by atoms with E-state index in [1.807, 2.05) is 0 Å². The fourth-order valence-corrected chi connectivity index (χ4v) is 14.7. The molecule has 47 heavy (non-hydrogen) atoms. The van der Waals surface area contributed by atoms with Gasteiger partial charge in [0.25, 0.3) is 0 Å². The number of hydrogen-bond donors (Lipinski definition) is 0. The molecule has 1 aromatic carbocycles. The van der Waals surface area contributed by atoms with Crippen LogP contribution in [0.5, 0.6) is 0 Å². The van der Waals surface area contributed by atoms with E-state index < -0.39 is 20.2 Å². The molecule has 0 saturated carbocycles. The Labute approximate surface area is 306 Å². The van der Waals surface area contributed by atoms with Gasteiger partial charge in [0.1, 0.15) is 0 Å². The summed E-state index contributed by atoms with van der Waals surface area (Å²) in [5.41, 5.74) is 0. The van der Waals surface area contributed by atoms with Crippen molar-refractivity contribution in [2.45, 2.75) is 254 Å². The van der Waals surface area contributed by atoms with Crippen LogP contribution in [0.4, 0.5) is 0 Å². The number of unbranched alkanes of at least 4 members (excludes halogenated alkanes) is 34. The molecule has 0 aromatic heterocycles. The van der Waals surface area contributed by atoms with Crippen molar-refractivity contribution in [3.8, 4) is 0 Å². The molecule has 0 radical (unpaired) electrons. The molecule has 1 heteroatoms. The van der Waals surface area contributed by atoms with E-state index >= 15 is 0 Å². The van der Waals surface area contributed by atoms with Crippen molar-refractivity contribution in [3.63, 3.8) is 0 Å². The zero-order chi connectivity index (χ0) is 33.6. The van der Waals surface area contributed by atoms with Gasteiger partial charge in [-0.25, -0.2) is 0 Å². The first kappa shape index (κ1) is 45.1. The SMILES string of the molecule is CCCCCCCCCCCCCCCCCCC[CH2][Sb]([CH2]CCCCCCCCCCCCCCCCCCC)[c]1ccccc1. The topological polar surface area (TPSA) is 0 Å². The third-order valence-electron chi connectivity index (χ3n) is 10.7. The van der Waals surface area contributed by atoms with Crippen LogP contribution in [0, 0.1) is 0 Å². The third kappa shape index (κ3) is 33.0. The molecule has 0 aliphatic rings. The van der Waals surface area contributed by atoms with Crippen molar-refractivity contribution in [1.82, 2.24) is 0 Å². The van der Waals surface area contributed by atoms with Crippen molar-refractivity contribution in [2.24, 2.45) is 0 Å². The molecule has 0 saturated heterocycles. The fraction of sp³-hybridized carbons (Fsp3) is 0.870. The molecular weight excluding hydrogens is 674 g/mol. The molecule has 0 unspecified atom stereocenters. The molecule has 0 atom stereocenters. The van der Waals surface area contributed by atoms with Crippen molar-refractivity contribution >= 4 is 23.7 Å². The van der Waals surface area contributed by atoms with Crippen molar-refractivity contribution < 1.29 is 0 Å². The average molecular weight is 762 g/mol. The molecule has 0 spiro atoms. The summed E-state index contributed by atoms with van der Waals surface area (Å²) in [4.78, 5) is 0. The monoisotopic (exact) mass is 761 g/mol. The van der Waals surface area contributed by atoms with Crippen LogP contribution >= 0.6 is 0 Å². The summed E-state index contributed by atoms with van der Waals surface area (Å²) in [6.07, 6.45) is 53.2. The van der Waals surface area contributed by atoms with Crippen LogP contribution in [0.25, 0.3) is 0 Å². The van der Waals surface area contributed by atoms with Crippen LogP contribution in [-0.4, -0.2) is 20.2 Å². The van der Waals surface area contributed by atoms with E-state index in [-0.39, 0.29) is 0 Å². The minimum atomic E-state index is -1.29. The summed E-state index contributed by atoms with van der Waals surface area (Å²) in [5, 5.41) is 0. The zero-order valence-electron chi connectivity index (χ0n) is 32.7. The van der Waals surface area contributed by atoms with Crippen LogP contribution in [0.3, 0.4) is 0 Å². The molecule has 0 nitrogen and oxygen atoms in total. The molecule has 0 fully saturated rings. The molecule has 1 rings (SSSR count). The van der Waals surface area contributed by atoms with E-state index in [4.69, 9.17) is 0 Å². The first-order valence-corrected chi connectivity index (χ1v) is 27.1. The summed E-state index contributed by atoms with van der Waals surface area (Å²) >= 11 is -1.29. The molecule has 0 aliphatic heterocycles. The Morgan fingerprint density at radius 2 is 0.489 bits per heavy atom. The van der Waals surface area contributed by atoms with E-state index in [1.54, 1.807) is 12.2 Å². The van der Waals surface area contributed by atoms with Crippen LogP contribution in [0.15, 0.2) is 30.3 Å². The van der Waals surface area contributed by atoms with E-state index in [0.717, 1.165) is 0 Å². The van der Waals surface area contributed by atoms with E-state index in [0.29, 0.717) is 0 Å². The Kier molecular flexibility index (Phi) is 37.2. The Bertz CT molecular complexity index is 644. The molecule has 0 amide bonds. The first-order valence-electron chi connectivity index (χ1n) is 22.2. The van der Waals surface area contributed by atoms with Gasteiger partial charge >= 0.3 is 204 Å². The summed E-state index contributed by atoms with van der Waals surface area (Å²) in [7, 11) is 0. The Morgan fingerprint density at radius 1 is 0.277 bits per heavy atom. The van der Waals surface area contributed by atoms with Gasteiger partial charge in [0, 0.05) is 0 Å². The van der Waals surface area contributed by atoms with Gasteiger partial charge < -0.3 is 0 Å². The Morgan fingerprint density at radius 3 is 0.723 bits per heavy atom. The van der Waals surface area contributed by atoms with Gasteiger partial charge in [0.05, 0.1) is 0 Å². The molecule has 276 valence electrons. The molecule has 0 N–H and O–H groups in total. The summed E-state index contributed by atoms with van der Waals surface area (Å²) < 4.78 is 4.96. The number of rotatable bonds is 39. The van der Waals surface area contributed by atoms with Gasteiger partial charge in [-0.1, -0.05) is 104 Å².